The molecule has 21 heavy (non-hydrogen) atoms. The number of hydrogen-bond donors (Lipinski definition) is 2. The first kappa shape index (κ1) is 18.2. The number of hydrogen-bond acceptors (Lipinski definition) is 3. The maximum Gasteiger partial charge on any atom is 0.411 e. The summed E-state index contributed by atoms with van der Waals surface area (Å²) in [5, 5.41) is 2.84. The van der Waals surface area contributed by atoms with Gasteiger partial charge in [-0.05, 0) is 31.6 Å². The molecule has 1 aliphatic carbocycles. The highest BCUT2D eigenvalue weighted by Gasteiger charge is 2.32. The Balaban J connectivity index is 2.40. The van der Waals surface area contributed by atoms with Crippen molar-refractivity contribution in [3.05, 3.63) is 0 Å². The summed E-state index contributed by atoms with van der Waals surface area (Å²) in [4.78, 5) is 12.0. The molecule has 7 heteroatoms. The number of rotatable bonds is 6. The Hall–Kier alpha value is -0.820. The van der Waals surface area contributed by atoms with Crippen LogP contribution in [-0.2, 0) is 9.53 Å². The van der Waals surface area contributed by atoms with Crippen molar-refractivity contribution >= 4 is 5.91 Å². The Morgan fingerprint density at radius 1 is 1.43 bits per heavy atom. The number of nitrogens with two attached hydrogens (primary N) is 1. The molecular weight excluding hydrogens is 285 g/mol. The molecule has 3 N–H and O–H groups in total. The minimum Gasteiger partial charge on any atom is -0.369 e. The Labute approximate surface area is 123 Å². The van der Waals surface area contributed by atoms with Crippen molar-refractivity contribution in [1.82, 2.24) is 5.32 Å². The Morgan fingerprint density at radius 2 is 2.10 bits per heavy atom. The number of carbonyl (C=O) groups excluding carboxylic acids is 1. The third-order valence-corrected chi connectivity index (χ3v) is 4.01. The maximum absolute atomic E-state index is 12.1. The number of halogens is 3. The lowest BCUT2D eigenvalue weighted by Crippen LogP contribution is -2.50. The smallest absolute Gasteiger partial charge is 0.369 e. The van der Waals surface area contributed by atoms with E-state index in [1.165, 1.54) is 0 Å². The highest BCUT2D eigenvalue weighted by Crippen LogP contribution is 2.24. The largest absolute Gasteiger partial charge is 0.411 e. The molecular formula is C14H25F3N2O2. The van der Waals surface area contributed by atoms with Gasteiger partial charge in [-0.2, -0.15) is 13.2 Å². The van der Waals surface area contributed by atoms with E-state index in [9.17, 15) is 18.0 Å². The van der Waals surface area contributed by atoms with E-state index in [2.05, 4.69) is 5.32 Å². The minimum absolute atomic E-state index is 0.0749. The van der Waals surface area contributed by atoms with Gasteiger partial charge in [0.15, 0.2) is 0 Å². The maximum atomic E-state index is 12.1. The number of carbonyl (C=O) groups is 1. The van der Waals surface area contributed by atoms with Crippen molar-refractivity contribution in [2.45, 2.75) is 70.3 Å². The van der Waals surface area contributed by atoms with E-state index in [0.29, 0.717) is 12.8 Å². The number of alkyl halides is 3. The third kappa shape index (κ3) is 6.65. The van der Waals surface area contributed by atoms with Gasteiger partial charge in [0, 0.05) is 6.04 Å². The highest BCUT2D eigenvalue weighted by atomic mass is 19.4. The quantitative estimate of drug-likeness (QED) is 0.791. The van der Waals surface area contributed by atoms with Crippen molar-refractivity contribution in [2.24, 2.45) is 11.7 Å². The fraction of sp³-hybridized carbons (Fsp3) is 0.929. The predicted molar refractivity (Wildman–Crippen MR) is 73.6 cm³/mol. The first-order chi connectivity index (χ1) is 9.73. The zero-order valence-corrected chi connectivity index (χ0v) is 12.6. The molecule has 124 valence electrons. The monoisotopic (exact) mass is 310 g/mol. The zero-order valence-electron chi connectivity index (χ0n) is 12.6. The predicted octanol–water partition coefficient (Wildman–Crippen LogP) is 2.37. The van der Waals surface area contributed by atoms with Crippen LogP contribution >= 0.6 is 0 Å². The van der Waals surface area contributed by atoms with Gasteiger partial charge in [-0.1, -0.05) is 20.3 Å². The summed E-state index contributed by atoms with van der Waals surface area (Å²) in [6.07, 6.45) is -1.46. The van der Waals surface area contributed by atoms with Crippen molar-refractivity contribution < 1.29 is 22.7 Å². The summed E-state index contributed by atoms with van der Waals surface area (Å²) in [5.74, 6) is -0.156. The average Bonchev–Trinajstić information content (AvgIpc) is 2.43. The van der Waals surface area contributed by atoms with Crippen LogP contribution in [0, 0.1) is 5.92 Å². The summed E-state index contributed by atoms with van der Waals surface area (Å²) in [7, 11) is 0. The normalized spacial score (nSPS) is 26.2. The molecule has 0 radical (unpaired) electrons. The van der Waals surface area contributed by atoms with E-state index in [0.717, 1.165) is 19.3 Å². The fourth-order valence-corrected chi connectivity index (χ4v) is 2.45. The van der Waals surface area contributed by atoms with E-state index in [1.54, 1.807) is 0 Å². The Morgan fingerprint density at radius 3 is 2.67 bits per heavy atom. The highest BCUT2D eigenvalue weighted by molar-refractivity contribution is 5.82. The van der Waals surface area contributed by atoms with Crippen LogP contribution < -0.4 is 11.1 Å². The molecule has 1 amide bonds. The molecule has 0 bridgehead atoms. The summed E-state index contributed by atoms with van der Waals surface area (Å²) in [6, 6.07) is -0.731. The van der Waals surface area contributed by atoms with Gasteiger partial charge in [0.2, 0.25) is 5.91 Å². The standard InChI is InChI=1S/C14H25F3N2O2/c1-3-9(2)12(18)13(20)19-10-5-4-6-11(7-10)21-8-14(15,16)17/h9-12H,3-8,18H2,1-2H3,(H,19,20). The average molecular weight is 310 g/mol. The van der Waals surface area contributed by atoms with Crippen molar-refractivity contribution in [1.29, 1.82) is 0 Å². The molecule has 1 fully saturated rings. The van der Waals surface area contributed by atoms with Crippen molar-refractivity contribution in [3.63, 3.8) is 0 Å². The number of amides is 1. The molecule has 0 aliphatic heterocycles. The lowest BCUT2D eigenvalue weighted by Gasteiger charge is -2.31. The van der Waals surface area contributed by atoms with E-state index in [4.69, 9.17) is 10.5 Å². The van der Waals surface area contributed by atoms with Gasteiger partial charge in [0.25, 0.3) is 0 Å². The topological polar surface area (TPSA) is 64.4 Å². The summed E-state index contributed by atoms with van der Waals surface area (Å²) in [6.45, 7) is 2.63. The second kappa shape index (κ2) is 7.98. The lowest BCUT2D eigenvalue weighted by molar-refractivity contribution is -0.188. The molecule has 0 aromatic carbocycles. The third-order valence-electron chi connectivity index (χ3n) is 4.01. The van der Waals surface area contributed by atoms with Gasteiger partial charge in [0.05, 0.1) is 12.1 Å². The SMILES string of the molecule is CCC(C)C(N)C(=O)NC1CCCC(OCC(F)(F)F)C1. The van der Waals surface area contributed by atoms with Crippen LogP contribution in [0.1, 0.15) is 46.0 Å². The van der Waals surface area contributed by atoms with Gasteiger partial charge < -0.3 is 15.8 Å². The van der Waals surface area contributed by atoms with Gasteiger partial charge in [-0.15, -0.1) is 0 Å². The number of nitrogens with one attached hydrogen (secondary N) is 1. The second-order valence-electron chi connectivity index (χ2n) is 5.83. The summed E-state index contributed by atoms with van der Waals surface area (Å²) >= 11 is 0. The Bertz CT molecular complexity index is 337. The molecule has 1 aliphatic rings. The summed E-state index contributed by atoms with van der Waals surface area (Å²) in [5.41, 5.74) is 5.85. The van der Waals surface area contributed by atoms with Gasteiger partial charge >= 0.3 is 6.18 Å². The molecule has 0 aromatic rings. The van der Waals surface area contributed by atoms with Gasteiger partial charge in [-0.25, -0.2) is 0 Å². The lowest BCUT2D eigenvalue weighted by atomic mass is 9.92. The van der Waals surface area contributed by atoms with Crippen LogP contribution in [0.15, 0.2) is 0 Å². The van der Waals surface area contributed by atoms with Crippen molar-refractivity contribution in [3.8, 4) is 0 Å². The molecule has 0 heterocycles. The molecule has 0 spiro atoms. The first-order valence-electron chi connectivity index (χ1n) is 7.47. The van der Waals surface area contributed by atoms with Gasteiger partial charge in [-0.3, -0.25) is 4.79 Å². The van der Waals surface area contributed by atoms with E-state index in [-0.39, 0.29) is 17.9 Å². The molecule has 4 unspecified atom stereocenters. The van der Waals surface area contributed by atoms with Gasteiger partial charge in [0.1, 0.15) is 6.61 Å². The van der Waals surface area contributed by atoms with E-state index in [1.807, 2.05) is 13.8 Å². The molecule has 1 rings (SSSR count). The van der Waals surface area contributed by atoms with Crippen LogP contribution in [0.3, 0.4) is 0 Å². The van der Waals surface area contributed by atoms with Crippen LogP contribution in [0.2, 0.25) is 0 Å². The molecule has 4 nitrogen and oxygen atoms in total. The molecule has 1 saturated carbocycles. The summed E-state index contributed by atoms with van der Waals surface area (Å²) < 4.78 is 41.3. The van der Waals surface area contributed by atoms with Crippen LogP contribution in [0.25, 0.3) is 0 Å². The number of ether oxygens (including phenoxy) is 1. The molecule has 0 aromatic heterocycles. The second-order valence-corrected chi connectivity index (χ2v) is 5.83. The van der Waals surface area contributed by atoms with E-state index >= 15 is 0 Å². The van der Waals surface area contributed by atoms with Crippen LogP contribution in [-0.4, -0.2) is 36.9 Å². The Kier molecular flexibility index (Phi) is 6.93. The van der Waals surface area contributed by atoms with Crippen molar-refractivity contribution in [2.75, 3.05) is 6.61 Å². The minimum atomic E-state index is -4.31. The van der Waals surface area contributed by atoms with E-state index < -0.39 is 24.9 Å². The fourth-order valence-electron chi connectivity index (χ4n) is 2.45. The molecule has 0 saturated heterocycles. The first-order valence-corrected chi connectivity index (χ1v) is 7.47. The van der Waals surface area contributed by atoms with Crippen LogP contribution in [0.4, 0.5) is 13.2 Å². The zero-order chi connectivity index (χ0) is 16.0. The van der Waals surface area contributed by atoms with Crippen LogP contribution in [0.5, 0.6) is 0 Å². The molecule has 4 atom stereocenters.